The van der Waals surface area contributed by atoms with Crippen LogP contribution >= 0.6 is 23.4 Å². The van der Waals surface area contributed by atoms with Crippen LogP contribution in [0, 0.1) is 10.1 Å². The molecule has 0 aromatic heterocycles. The average Bonchev–Trinajstić information content (AvgIpc) is 2.24. The Hall–Kier alpha value is -1.07. The van der Waals surface area contributed by atoms with Gasteiger partial charge >= 0.3 is 0 Å². The van der Waals surface area contributed by atoms with Crippen LogP contribution in [-0.2, 0) is 0 Å². The Kier molecular flexibility index (Phi) is 4.76. The van der Waals surface area contributed by atoms with Crippen LogP contribution in [0.5, 0.6) is 0 Å². The molecule has 6 heteroatoms. The smallest absolute Gasteiger partial charge is 0.271 e. The monoisotopic (exact) mass is 259 g/mol. The zero-order valence-electron chi connectivity index (χ0n) is 8.60. The van der Waals surface area contributed by atoms with E-state index in [0.717, 1.165) is 0 Å². The molecule has 0 radical (unpaired) electrons. The summed E-state index contributed by atoms with van der Waals surface area (Å²) in [6.45, 7) is 0. The highest BCUT2D eigenvalue weighted by Gasteiger charge is 2.13. The van der Waals surface area contributed by atoms with Gasteiger partial charge in [0.25, 0.3) is 5.69 Å². The third kappa shape index (κ3) is 3.50. The van der Waals surface area contributed by atoms with E-state index in [4.69, 9.17) is 11.6 Å². The van der Waals surface area contributed by atoms with Crippen LogP contribution in [0.1, 0.15) is 16.8 Å². The van der Waals surface area contributed by atoms with E-state index in [0.29, 0.717) is 17.7 Å². The third-order valence-electron chi connectivity index (χ3n) is 1.95. The molecule has 1 aromatic carbocycles. The zero-order valence-corrected chi connectivity index (χ0v) is 10.2. The molecule has 0 saturated carbocycles. The maximum absolute atomic E-state index is 11.6. The van der Waals surface area contributed by atoms with Gasteiger partial charge < -0.3 is 0 Å². The van der Waals surface area contributed by atoms with Gasteiger partial charge in [0, 0.05) is 34.9 Å². The highest BCUT2D eigenvalue weighted by atomic mass is 35.5. The molecule has 0 unspecified atom stereocenters. The van der Waals surface area contributed by atoms with Crippen molar-refractivity contribution in [3.8, 4) is 0 Å². The van der Waals surface area contributed by atoms with Gasteiger partial charge in [0.1, 0.15) is 0 Å². The van der Waals surface area contributed by atoms with E-state index in [2.05, 4.69) is 0 Å². The molecule has 0 bridgehead atoms. The van der Waals surface area contributed by atoms with E-state index in [1.54, 1.807) is 11.8 Å². The van der Waals surface area contributed by atoms with E-state index in [1.165, 1.54) is 18.2 Å². The molecule has 0 aliphatic carbocycles. The van der Waals surface area contributed by atoms with Crippen LogP contribution in [-0.4, -0.2) is 22.7 Å². The molecule has 0 N–H and O–H groups in total. The second kappa shape index (κ2) is 5.86. The molecule has 0 saturated heterocycles. The number of nitro groups is 1. The number of non-ortho nitro benzene ring substituents is 1. The van der Waals surface area contributed by atoms with Crippen molar-refractivity contribution in [3.63, 3.8) is 0 Å². The number of halogens is 1. The van der Waals surface area contributed by atoms with Crippen LogP contribution in [0.2, 0.25) is 5.02 Å². The second-order valence-electron chi connectivity index (χ2n) is 3.12. The average molecular weight is 260 g/mol. The Morgan fingerprint density at radius 2 is 2.19 bits per heavy atom. The van der Waals surface area contributed by atoms with Gasteiger partial charge in [-0.3, -0.25) is 14.9 Å². The van der Waals surface area contributed by atoms with E-state index in [-0.39, 0.29) is 16.5 Å². The van der Waals surface area contributed by atoms with E-state index in [1.807, 2.05) is 6.26 Å². The van der Waals surface area contributed by atoms with Crippen LogP contribution in [0.25, 0.3) is 0 Å². The maximum atomic E-state index is 11.6. The molecule has 0 aliphatic rings. The lowest BCUT2D eigenvalue weighted by atomic mass is 10.1. The van der Waals surface area contributed by atoms with Crippen molar-refractivity contribution in [2.45, 2.75) is 6.42 Å². The molecular weight excluding hydrogens is 250 g/mol. The fourth-order valence-electron chi connectivity index (χ4n) is 1.18. The Morgan fingerprint density at radius 1 is 1.50 bits per heavy atom. The van der Waals surface area contributed by atoms with Crippen molar-refractivity contribution in [1.82, 2.24) is 0 Å². The SMILES string of the molecule is CSCCC(=O)c1cc(Cl)cc([N+](=O)[O-])c1. The summed E-state index contributed by atoms with van der Waals surface area (Å²) in [5, 5.41) is 10.8. The lowest BCUT2D eigenvalue weighted by Crippen LogP contribution is -2.01. The van der Waals surface area contributed by atoms with Crippen molar-refractivity contribution >= 4 is 34.8 Å². The van der Waals surface area contributed by atoms with Crippen molar-refractivity contribution in [2.75, 3.05) is 12.0 Å². The summed E-state index contributed by atoms with van der Waals surface area (Å²) in [5.41, 5.74) is 0.147. The minimum absolute atomic E-state index is 0.125. The predicted molar refractivity (Wildman–Crippen MR) is 65.4 cm³/mol. The first-order valence-electron chi connectivity index (χ1n) is 4.51. The van der Waals surface area contributed by atoms with Gasteiger partial charge in [0.15, 0.2) is 5.78 Å². The Balaban J connectivity index is 2.95. The van der Waals surface area contributed by atoms with Crippen molar-refractivity contribution in [1.29, 1.82) is 0 Å². The zero-order chi connectivity index (χ0) is 12.1. The van der Waals surface area contributed by atoms with Gasteiger partial charge in [0.05, 0.1) is 4.92 Å². The molecule has 1 aromatic rings. The number of nitro benzene ring substituents is 1. The molecule has 1 rings (SSSR count). The molecule has 0 aliphatic heterocycles. The van der Waals surface area contributed by atoms with Crippen molar-refractivity contribution < 1.29 is 9.72 Å². The van der Waals surface area contributed by atoms with Crippen LogP contribution in [0.3, 0.4) is 0 Å². The summed E-state index contributed by atoms with van der Waals surface area (Å²) in [4.78, 5) is 21.7. The summed E-state index contributed by atoms with van der Waals surface area (Å²) in [5.74, 6) is 0.569. The minimum atomic E-state index is -0.558. The standard InChI is InChI=1S/C10H10ClNO3S/c1-16-3-2-10(13)7-4-8(11)6-9(5-7)12(14)15/h4-6H,2-3H2,1H3. The Morgan fingerprint density at radius 3 is 2.75 bits per heavy atom. The topological polar surface area (TPSA) is 60.2 Å². The van der Waals surface area contributed by atoms with Gasteiger partial charge in [-0.2, -0.15) is 11.8 Å². The number of Topliss-reactive ketones (excluding diaryl/α,β-unsaturated/α-hetero) is 1. The molecule has 0 fully saturated rings. The fourth-order valence-corrected chi connectivity index (χ4v) is 1.80. The van der Waals surface area contributed by atoms with E-state index >= 15 is 0 Å². The van der Waals surface area contributed by atoms with Crippen LogP contribution in [0.4, 0.5) is 5.69 Å². The highest BCUT2D eigenvalue weighted by molar-refractivity contribution is 7.98. The molecule has 16 heavy (non-hydrogen) atoms. The van der Waals surface area contributed by atoms with Crippen LogP contribution < -0.4 is 0 Å². The first-order valence-corrected chi connectivity index (χ1v) is 6.29. The van der Waals surface area contributed by atoms with Crippen molar-refractivity contribution in [2.24, 2.45) is 0 Å². The molecule has 0 amide bonds. The number of carbonyl (C=O) groups excluding carboxylic acids is 1. The fraction of sp³-hybridized carbons (Fsp3) is 0.300. The summed E-state index contributed by atoms with van der Waals surface area (Å²) in [7, 11) is 0. The Labute approximate surface area is 102 Å². The lowest BCUT2D eigenvalue weighted by molar-refractivity contribution is -0.384. The van der Waals surface area contributed by atoms with Gasteiger partial charge in [-0.05, 0) is 12.3 Å². The number of thioether (sulfide) groups is 1. The number of nitrogens with zero attached hydrogens (tertiary/aromatic N) is 1. The lowest BCUT2D eigenvalue weighted by Gasteiger charge is -2.01. The largest absolute Gasteiger partial charge is 0.294 e. The number of rotatable bonds is 5. The summed E-state index contributed by atoms with van der Waals surface area (Å²) in [6, 6.07) is 3.94. The second-order valence-corrected chi connectivity index (χ2v) is 4.54. The first kappa shape index (κ1) is 13.0. The third-order valence-corrected chi connectivity index (χ3v) is 2.78. The van der Waals surface area contributed by atoms with Gasteiger partial charge in [0.2, 0.25) is 0 Å². The molecule has 0 atom stereocenters. The minimum Gasteiger partial charge on any atom is -0.294 e. The predicted octanol–water partition coefficient (Wildman–Crippen LogP) is 3.18. The van der Waals surface area contributed by atoms with Crippen molar-refractivity contribution in [3.05, 3.63) is 38.9 Å². The highest BCUT2D eigenvalue weighted by Crippen LogP contribution is 2.22. The van der Waals surface area contributed by atoms with Gasteiger partial charge in [-0.15, -0.1) is 0 Å². The molecular formula is C10H10ClNO3S. The van der Waals surface area contributed by atoms with Crippen LogP contribution in [0.15, 0.2) is 18.2 Å². The Bertz CT molecular complexity index is 423. The summed E-state index contributed by atoms with van der Waals surface area (Å²) in [6.07, 6.45) is 2.26. The summed E-state index contributed by atoms with van der Waals surface area (Å²) < 4.78 is 0. The first-order chi connectivity index (χ1) is 7.54. The van der Waals surface area contributed by atoms with Gasteiger partial charge in [-0.1, -0.05) is 11.6 Å². The quantitative estimate of drug-likeness (QED) is 0.463. The summed E-state index contributed by atoms with van der Waals surface area (Å²) >= 11 is 7.26. The maximum Gasteiger partial charge on any atom is 0.271 e. The molecule has 0 spiro atoms. The normalized spacial score (nSPS) is 10.1. The number of carbonyl (C=O) groups is 1. The van der Waals surface area contributed by atoms with Gasteiger partial charge in [-0.25, -0.2) is 0 Å². The molecule has 86 valence electrons. The number of ketones is 1. The molecule has 4 nitrogen and oxygen atoms in total. The number of hydrogen-bond donors (Lipinski definition) is 0. The number of hydrogen-bond acceptors (Lipinski definition) is 4. The molecule has 0 heterocycles. The number of benzene rings is 1. The van der Waals surface area contributed by atoms with E-state index < -0.39 is 4.92 Å². The van der Waals surface area contributed by atoms with E-state index in [9.17, 15) is 14.9 Å².